The lowest BCUT2D eigenvalue weighted by molar-refractivity contribution is -0.277. The molecule has 0 spiro atoms. The lowest BCUT2D eigenvalue weighted by Crippen LogP contribution is -2.63. The number of aliphatic carboxylic acids is 1. The molecule has 0 saturated carbocycles. The van der Waals surface area contributed by atoms with E-state index in [2.05, 4.69) is 0 Å². The summed E-state index contributed by atoms with van der Waals surface area (Å²) in [5.74, 6) is -4.37. The average molecular weight is 506 g/mol. The third-order valence-electron chi connectivity index (χ3n) is 5.51. The topological polar surface area (TPSA) is 146 Å². The molecule has 3 aromatic carbocycles. The summed E-state index contributed by atoms with van der Waals surface area (Å²) in [6.07, 6.45) is -9.21. The van der Waals surface area contributed by atoms with E-state index in [1.807, 2.05) is 0 Å². The summed E-state index contributed by atoms with van der Waals surface area (Å²) in [5, 5.41) is 20.4. The van der Waals surface area contributed by atoms with Gasteiger partial charge in [0, 0.05) is 0 Å². The highest BCUT2D eigenvalue weighted by Gasteiger charge is 2.54. The Morgan fingerprint density at radius 1 is 0.568 bits per heavy atom. The lowest BCUT2D eigenvalue weighted by atomic mass is 9.97. The first-order chi connectivity index (χ1) is 17.8. The fourth-order valence-electron chi connectivity index (χ4n) is 3.71. The van der Waals surface area contributed by atoms with Gasteiger partial charge in [0.2, 0.25) is 0 Å². The number of carbonyl (C=O) groups excluding carboxylic acids is 3. The molecule has 37 heavy (non-hydrogen) atoms. The van der Waals surface area contributed by atoms with E-state index < -0.39 is 54.6 Å². The number of aliphatic hydroxyl groups is 1. The molecular weight excluding hydrogens is 484 g/mol. The van der Waals surface area contributed by atoms with Gasteiger partial charge in [-0.15, -0.1) is 0 Å². The van der Waals surface area contributed by atoms with Crippen molar-refractivity contribution in [3.8, 4) is 0 Å². The highest BCUT2D eigenvalue weighted by Crippen LogP contribution is 2.30. The summed E-state index contributed by atoms with van der Waals surface area (Å²) >= 11 is 0. The Morgan fingerprint density at radius 3 is 1.30 bits per heavy atom. The smallest absolute Gasteiger partial charge is 0.338 e. The van der Waals surface area contributed by atoms with Gasteiger partial charge in [0.05, 0.1) is 16.7 Å². The number of ether oxygens (including phenoxy) is 4. The zero-order valence-corrected chi connectivity index (χ0v) is 19.2. The van der Waals surface area contributed by atoms with Crippen molar-refractivity contribution in [3.63, 3.8) is 0 Å². The maximum atomic E-state index is 12.9. The molecule has 0 amide bonds. The first-order valence-corrected chi connectivity index (χ1v) is 11.2. The summed E-state index contributed by atoms with van der Waals surface area (Å²) in [5.41, 5.74) is 0.293. The molecule has 0 aromatic heterocycles. The molecule has 0 bridgehead atoms. The van der Waals surface area contributed by atoms with Crippen LogP contribution in [0.25, 0.3) is 0 Å². The van der Waals surface area contributed by atoms with Gasteiger partial charge < -0.3 is 29.2 Å². The molecule has 0 unspecified atom stereocenters. The van der Waals surface area contributed by atoms with Crippen LogP contribution in [0.3, 0.4) is 0 Å². The van der Waals surface area contributed by atoms with E-state index in [4.69, 9.17) is 18.9 Å². The van der Waals surface area contributed by atoms with Gasteiger partial charge in [-0.2, -0.15) is 0 Å². The van der Waals surface area contributed by atoms with Crippen molar-refractivity contribution in [3.05, 3.63) is 108 Å². The molecular formula is C27H22O10. The van der Waals surface area contributed by atoms with Gasteiger partial charge >= 0.3 is 23.9 Å². The molecule has 0 radical (unpaired) electrons. The molecule has 10 heteroatoms. The molecule has 1 fully saturated rings. The maximum absolute atomic E-state index is 12.9. The zero-order valence-electron chi connectivity index (χ0n) is 19.2. The molecule has 1 aliphatic heterocycles. The normalized spacial score (nSPS) is 22.9. The zero-order chi connectivity index (χ0) is 26.4. The van der Waals surface area contributed by atoms with Crippen molar-refractivity contribution in [1.29, 1.82) is 0 Å². The van der Waals surface area contributed by atoms with Crippen LogP contribution >= 0.6 is 0 Å². The van der Waals surface area contributed by atoms with Crippen LogP contribution in [0.4, 0.5) is 0 Å². The SMILES string of the molecule is O=C(O[C@@H]1[C@@H](OC(=O)c2ccccc2)[C@@H](O)O[C@H](C(=O)O)[C@H]1OC(=O)c1ccccc1)c1ccccc1. The first kappa shape index (κ1) is 25.5. The third-order valence-corrected chi connectivity index (χ3v) is 5.51. The van der Waals surface area contributed by atoms with E-state index >= 15 is 0 Å². The first-order valence-electron chi connectivity index (χ1n) is 11.2. The van der Waals surface area contributed by atoms with E-state index in [0.717, 1.165) is 0 Å². The van der Waals surface area contributed by atoms with Gasteiger partial charge in [-0.3, -0.25) is 0 Å². The molecule has 4 rings (SSSR count). The van der Waals surface area contributed by atoms with Crippen LogP contribution in [0.2, 0.25) is 0 Å². The number of rotatable bonds is 7. The Labute approximate surface area is 211 Å². The Hall–Kier alpha value is -4.54. The van der Waals surface area contributed by atoms with Crippen LogP contribution in [-0.4, -0.2) is 64.8 Å². The number of carbonyl (C=O) groups is 4. The monoisotopic (exact) mass is 506 g/mol. The number of carboxylic acids is 1. The highest BCUT2D eigenvalue weighted by molar-refractivity contribution is 5.91. The standard InChI is InChI=1S/C27H22O10/c28-23(29)21-19(34-24(30)16-10-4-1-5-11-16)20(35-25(31)17-12-6-2-7-13-17)22(27(33)36-21)37-26(32)18-14-8-3-9-15-18/h1-15,19-22,27,33H,(H,28,29)/t19-,20-,21-,22+,27-/m0/s1. The maximum Gasteiger partial charge on any atom is 0.338 e. The van der Waals surface area contributed by atoms with Gasteiger partial charge in [0.15, 0.2) is 30.7 Å². The summed E-state index contributed by atoms with van der Waals surface area (Å²) in [7, 11) is 0. The van der Waals surface area contributed by atoms with Gasteiger partial charge in [0.25, 0.3) is 0 Å². The fraction of sp³-hybridized carbons (Fsp3) is 0.185. The Balaban J connectivity index is 1.69. The Bertz CT molecular complexity index is 1250. The second-order valence-corrected chi connectivity index (χ2v) is 7.99. The van der Waals surface area contributed by atoms with E-state index in [-0.39, 0.29) is 16.7 Å². The lowest BCUT2D eigenvalue weighted by Gasteiger charge is -2.41. The quantitative estimate of drug-likeness (QED) is 0.362. The summed E-state index contributed by atoms with van der Waals surface area (Å²) in [6.45, 7) is 0. The average Bonchev–Trinajstić information content (AvgIpc) is 2.93. The predicted molar refractivity (Wildman–Crippen MR) is 125 cm³/mol. The summed E-state index contributed by atoms with van der Waals surface area (Å²) < 4.78 is 21.6. The Kier molecular flexibility index (Phi) is 7.92. The highest BCUT2D eigenvalue weighted by atomic mass is 16.7. The van der Waals surface area contributed by atoms with Crippen molar-refractivity contribution in [1.82, 2.24) is 0 Å². The van der Waals surface area contributed by atoms with Crippen LogP contribution in [0, 0.1) is 0 Å². The van der Waals surface area contributed by atoms with Gasteiger partial charge in [-0.1, -0.05) is 54.6 Å². The van der Waals surface area contributed by atoms with E-state index in [1.54, 1.807) is 54.6 Å². The fourth-order valence-corrected chi connectivity index (χ4v) is 3.71. The van der Waals surface area contributed by atoms with Crippen LogP contribution in [0.15, 0.2) is 91.0 Å². The summed E-state index contributed by atoms with van der Waals surface area (Å²) in [4.78, 5) is 50.5. The molecule has 190 valence electrons. The molecule has 10 nitrogen and oxygen atoms in total. The molecule has 3 aromatic rings. The molecule has 2 N–H and O–H groups in total. The molecule has 0 aliphatic carbocycles. The summed E-state index contributed by atoms with van der Waals surface area (Å²) in [6, 6.07) is 23.2. The van der Waals surface area contributed by atoms with Crippen LogP contribution in [-0.2, 0) is 23.7 Å². The number of hydrogen-bond acceptors (Lipinski definition) is 9. The van der Waals surface area contributed by atoms with Gasteiger partial charge in [-0.25, -0.2) is 19.2 Å². The second kappa shape index (κ2) is 11.5. The van der Waals surface area contributed by atoms with E-state index in [1.165, 1.54) is 36.4 Å². The third kappa shape index (κ3) is 6.00. The minimum atomic E-state index is -2.02. The number of esters is 3. The van der Waals surface area contributed by atoms with E-state index in [9.17, 15) is 29.4 Å². The van der Waals surface area contributed by atoms with Crippen LogP contribution in [0.5, 0.6) is 0 Å². The molecule has 1 heterocycles. The van der Waals surface area contributed by atoms with Crippen molar-refractivity contribution in [2.75, 3.05) is 0 Å². The van der Waals surface area contributed by atoms with Gasteiger partial charge in [0.1, 0.15) is 0 Å². The molecule has 1 aliphatic rings. The number of carboxylic acid groups (broad SMARTS) is 1. The molecule has 1 saturated heterocycles. The van der Waals surface area contributed by atoms with Crippen LogP contribution in [0.1, 0.15) is 31.1 Å². The minimum absolute atomic E-state index is 0.0868. The van der Waals surface area contributed by atoms with Crippen molar-refractivity contribution in [2.24, 2.45) is 0 Å². The second-order valence-electron chi connectivity index (χ2n) is 7.99. The minimum Gasteiger partial charge on any atom is -0.479 e. The van der Waals surface area contributed by atoms with Crippen molar-refractivity contribution in [2.45, 2.75) is 30.7 Å². The predicted octanol–water partition coefficient (Wildman–Crippen LogP) is 2.46. The van der Waals surface area contributed by atoms with Crippen molar-refractivity contribution >= 4 is 23.9 Å². The molecule has 5 atom stereocenters. The van der Waals surface area contributed by atoms with Crippen LogP contribution < -0.4 is 0 Å². The number of aliphatic hydroxyl groups excluding tert-OH is 1. The Morgan fingerprint density at radius 2 is 0.919 bits per heavy atom. The van der Waals surface area contributed by atoms with Gasteiger partial charge in [-0.05, 0) is 36.4 Å². The van der Waals surface area contributed by atoms with E-state index in [0.29, 0.717) is 0 Å². The van der Waals surface area contributed by atoms with Crippen molar-refractivity contribution < 1.29 is 48.3 Å². The number of benzene rings is 3. The number of hydrogen-bond donors (Lipinski definition) is 2. The largest absolute Gasteiger partial charge is 0.479 e.